The van der Waals surface area contributed by atoms with Crippen molar-refractivity contribution in [3.8, 4) is 0 Å². The minimum Gasteiger partial charge on any atom is -0.355 e. The Hall–Kier alpha value is -1.90. The summed E-state index contributed by atoms with van der Waals surface area (Å²) in [6.45, 7) is 3.96. The first kappa shape index (κ1) is 10.6. The van der Waals surface area contributed by atoms with Crippen LogP contribution in [0.5, 0.6) is 0 Å². The number of hydrogen-bond donors (Lipinski definition) is 1. The van der Waals surface area contributed by atoms with Crippen molar-refractivity contribution in [1.82, 2.24) is 5.32 Å². The molecule has 16 heavy (non-hydrogen) atoms. The molecule has 1 aromatic rings. The molecule has 0 aliphatic carbocycles. The molecule has 1 aliphatic heterocycles. The third-order valence-electron chi connectivity index (χ3n) is 2.92. The summed E-state index contributed by atoms with van der Waals surface area (Å²) in [4.78, 5) is 23.2. The van der Waals surface area contributed by atoms with Crippen LogP contribution in [0.3, 0.4) is 0 Å². The van der Waals surface area contributed by atoms with Crippen molar-refractivity contribution in [2.24, 2.45) is 5.92 Å². The van der Waals surface area contributed by atoms with Crippen molar-refractivity contribution in [3.05, 3.63) is 48.6 Å². The number of nitrogens with one attached hydrogen (secondary N) is 1. The molecule has 0 radical (unpaired) electrons. The first-order valence-electron chi connectivity index (χ1n) is 5.23. The second-order valence-corrected chi connectivity index (χ2v) is 3.85. The maximum atomic E-state index is 11.6. The van der Waals surface area contributed by atoms with Gasteiger partial charge in [0.2, 0.25) is 5.91 Å². The average molecular weight is 215 g/mol. The molecule has 1 saturated heterocycles. The van der Waals surface area contributed by atoms with Gasteiger partial charge in [-0.1, -0.05) is 36.9 Å². The van der Waals surface area contributed by atoms with Crippen molar-refractivity contribution in [2.45, 2.75) is 5.92 Å². The second-order valence-electron chi connectivity index (χ2n) is 3.85. The van der Waals surface area contributed by atoms with Gasteiger partial charge in [-0.05, 0) is 11.6 Å². The summed E-state index contributed by atoms with van der Waals surface area (Å²) in [5, 5.41) is 2.73. The maximum Gasteiger partial charge on any atom is 0.231 e. The van der Waals surface area contributed by atoms with E-state index in [1.807, 2.05) is 30.3 Å². The number of hydrogen-bond acceptors (Lipinski definition) is 2. The average Bonchev–Trinajstić information content (AvgIpc) is 2.71. The van der Waals surface area contributed by atoms with Crippen molar-refractivity contribution >= 4 is 11.7 Å². The van der Waals surface area contributed by atoms with E-state index in [0.717, 1.165) is 5.56 Å². The van der Waals surface area contributed by atoms with E-state index in [4.69, 9.17) is 0 Å². The van der Waals surface area contributed by atoms with Crippen LogP contribution < -0.4 is 5.32 Å². The zero-order chi connectivity index (χ0) is 11.5. The SMILES string of the molecule is C=CC(=O)[C@@H]1C(=O)NCC1c1ccccc1. The third-order valence-corrected chi connectivity index (χ3v) is 2.92. The van der Waals surface area contributed by atoms with Gasteiger partial charge in [0.05, 0.1) is 0 Å². The smallest absolute Gasteiger partial charge is 0.231 e. The summed E-state index contributed by atoms with van der Waals surface area (Å²) in [5.41, 5.74) is 1.01. The summed E-state index contributed by atoms with van der Waals surface area (Å²) < 4.78 is 0. The molecular weight excluding hydrogens is 202 g/mol. The van der Waals surface area contributed by atoms with Gasteiger partial charge in [-0.15, -0.1) is 0 Å². The largest absolute Gasteiger partial charge is 0.355 e. The number of carbonyl (C=O) groups is 2. The van der Waals surface area contributed by atoms with Crippen LogP contribution in [0.15, 0.2) is 43.0 Å². The predicted octanol–water partition coefficient (Wildman–Crippen LogP) is 1.27. The molecule has 2 atom stereocenters. The molecule has 0 bridgehead atoms. The van der Waals surface area contributed by atoms with Crippen LogP contribution in [-0.2, 0) is 9.59 Å². The molecule has 3 nitrogen and oxygen atoms in total. The summed E-state index contributed by atoms with van der Waals surface area (Å²) in [6.07, 6.45) is 1.23. The normalized spacial score (nSPS) is 23.9. The van der Waals surface area contributed by atoms with Crippen molar-refractivity contribution in [3.63, 3.8) is 0 Å². The van der Waals surface area contributed by atoms with E-state index in [1.165, 1.54) is 6.08 Å². The Kier molecular flexibility index (Phi) is 2.86. The molecule has 82 valence electrons. The molecule has 0 aromatic heterocycles. The number of ketones is 1. The van der Waals surface area contributed by atoms with E-state index in [2.05, 4.69) is 11.9 Å². The number of allylic oxidation sites excluding steroid dienone is 1. The zero-order valence-corrected chi connectivity index (χ0v) is 8.85. The third kappa shape index (κ3) is 1.76. The monoisotopic (exact) mass is 215 g/mol. The van der Waals surface area contributed by atoms with Crippen molar-refractivity contribution < 1.29 is 9.59 Å². The molecule has 3 heteroatoms. The molecule has 1 heterocycles. The van der Waals surface area contributed by atoms with Crippen LogP contribution in [0.25, 0.3) is 0 Å². The van der Waals surface area contributed by atoms with Gasteiger partial charge in [0.1, 0.15) is 5.92 Å². The van der Waals surface area contributed by atoms with E-state index in [1.54, 1.807) is 0 Å². The summed E-state index contributed by atoms with van der Waals surface area (Å²) in [7, 11) is 0. The van der Waals surface area contributed by atoms with Crippen LogP contribution >= 0.6 is 0 Å². The lowest BCUT2D eigenvalue weighted by atomic mass is 9.86. The minimum atomic E-state index is -0.611. The molecule has 2 rings (SSSR count). The number of amides is 1. The van der Waals surface area contributed by atoms with Gasteiger partial charge in [-0.3, -0.25) is 9.59 Å². The highest BCUT2D eigenvalue weighted by Crippen LogP contribution is 2.29. The van der Waals surface area contributed by atoms with E-state index in [-0.39, 0.29) is 17.6 Å². The first-order chi connectivity index (χ1) is 7.74. The first-order valence-corrected chi connectivity index (χ1v) is 5.23. The summed E-state index contributed by atoms with van der Waals surface area (Å²) >= 11 is 0. The van der Waals surface area contributed by atoms with Crippen LogP contribution in [-0.4, -0.2) is 18.2 Å². The standard InChI is InChI=1S/C13H13NO2/c1-2-11(15)12-10(8-14-13(12)16)9-6-4-3-5-7-9/h2-7,10,12H,1,8H2,(H,14,16)/t10?,12-/m1/s1. The molecule has 1 fully saturated rings. The Balaban J connectivity index is 2.31. The van der Waals surface area contributed by atoms with Crippen molar-refractivity contribution in [2.75, 3.05) is 6.54 Å². The number of rotatable bonds is 3. The molecule has 1 amide bonds. The Bertz CT molecular complexity index is 425. The molecule has 1 aliphatic rings. The van der Waals surface area contributed by atoms with Gasteiger partial charge in [-0.2, -0.15) is 0 Å². The van der Waals surface area contributed by atoms with E-state index < -0.39 is 5.92 Å². The number of carbonyl (C=O) groups excluding carboxylic acids is 2. The lowest BCUT2D eigenvalue weighted by molar-refractivity contribution is -0.129. The fourth-order valence-corrected chi connectivity index (χ4v) is 2.09. The second kappa shape index (κ2) is 4.31. The van der Waals surface area contributed by atoms with Crippen LogP contribution in [0.2, 0.25) is 0 Å². The van der Waals surface area contributed by atoms with E-state index in [0.29, 0.717) is 6.54 Å². The van der Waals surface area contributed by atoms with Crippen LogP contribution in [0.4, 0.5) is 0 Å². The van der Waals surface area contributed by atoms with Crippen molar-refractivity contribution in [1.29, 1.82) is 0 Å². The maximum absolute atomic E-state index is 11.6. The quantitative estimate of drug-likeness (QED) is 0.609. The highest BCUT2D eigenvalue weighted by atomic mass is 16.2. The molecule has 1 unspecified atom stereocenters. The highest BCUT2D eigenvalue weighted by molar-refractivity contribution is 6.08. The molecule has 0 spiro atoms. The fraction of sp³-hybridized carbons (Fsp3) is 0.231. The Morgan fingerprint density at radius 2 is 2.06 bits per heavy atom. The number of benzene rings is 1. The van der Waals surface area contributed by atoms with E-state index in [9.17, 15) is 9.59 Å². The predicted molar refractivity (Wildman–Crippen MR) is 60.9 cm³/mol. The Labute approximate surface area is 94.2 Å². The van der Waals surface area contributed by atoms with Gasteiger partial charge in [-0.25, -0.2) is 0 Å². The lowest BCUT2D eigenvalue weighted by Gasteiger charge is -2.14. The van der Waals surface area contributed by atoms with Crippen LogP contribution in [0.1, 0.15) is 11.5 Å². The van der Waals surface area contributed by atoms with E-state index >= 15 is 0 Å². The van der Waals surface area contributed by atoms with Gasteiger partial charge in [0.15, 0.2) is 5.78 Å². The zero-order valence-electron chi connectivity index (χ0n) is 8.85. The Morgan fingerprint density at radius 3 is 2.69 bits per heavy atom. The summed E-state index contributed by atoms with van der Waals surface area (Å²) in [6, 6.07) is 9.61. The van der Waals surface area contributed by atoms with Gasteiger partial charge < -0.3 is 5.32 Å². The van der Waals surface area contributed by atoms with Gasteiger partial charge >= 0.3 is 0 Å². The highest BCUT2D eigenvalue weighted by Gasteiger charge is 2.39. The van der Waals surface area contributed by atoms with Crippen LogP contribution in [0, 0.1) is 5.92 Å². The van der Waals surface area contributed by atoms with Gasteiger partial charge in [0.25, 0.3) is 0 Å². The van der Waals surface area contributed by atoms with Gasteiger partial charge in [0, 0.05) is 12.5 Å². The molecule has 1 N–H and O–H groups in total. The summed E-state index contributed by atoms with van der Waals surface area (Å²) in [5.74, 6) is -1.08. The molecule has 0 saturated carbocycles. The Morgan fingerprint density at radius 1 is 1.38 bits per heavy atom. The lowest BCUT2D eigenvalue weighted by Crippen LogP contribution is -2.25. The molecular formula is C13H13NO2. The minimum absolute atomic E-state index is 0.0702. The molecule has 1 aromatic carbocycles. The topological polar surface area (TPSA) is 46.2 Å². The fourth-order valence-electron chi connectivity index (χ4n) is 2.09.